The summed E-state index contributed by atoms with van der Waals surface area (Å²) in [7, 11) is -2.75. The Bertz CT molecular complexity index is 1650. The third kappa shape index (κ3) is 5.39. The number of rotatable bonds is 6. The van der Waals surface area contributed by atoms with Crippen LogP contribution in [0.5, 0.6) is 0 Å². The van der Waals surface area contributed by atoms with Crippen LogP contribution in [0.1, 0.15) is 53.0 Å². The van der Waals surface area contributed by atoms with Gasteiger partial charge in [0.15, 0.2) is 18.6 Å². The van der Waals surface area contributed by atoms with E-state index >= 15 is 0 Å². The summed E-state index contributed by atoms with van der Waals surface area (Å²) in [4.78, 5) is 40.9. The molecule has 2 aliphatic rings. The summed E-state index contributed by atoms with van der Waals surface area (Å²) in [5, 5.41) is 10.3. The maximum absolute atomic E-state index is 11.8. The Labute approximate surface area is 235 Å². The topological polar surface area (TPSA) is 164 Å². The average molecular weight is 590 g/mol. The second kappa shape index (κ2) is 11.9. The number of hydrogen-bond acceptors (Lipinski definition) is 9. The van der Waals surface area contributed by atoms with Crippen molar-refractivity contribution in [3.63, 3.8) is 0 Å². The molecule has 4 aromatic rings. The van der Waals surface area contributed by atoms with Gasteiger partial charge >= 0.3 is 8.25 Å². The molecule has 6 heterocycles. The minimum Gasteiger partial charge on any atom is -0.388 e. The number of nitrogens with zero attached hydrogens (tertiary/aromatic N) is 6. The first-order valence-electron chi connectivity index (χ1n) is 13.6. The van der Waals surface area contributed by atoms with Crippen LogP contribution >= 0.6 is 8.25 Å². The van der Waals surface area contributed by atoms with E-state index < -0.39 is 32.9 Å². The number of aliphatic hydroxyl groups excluding tert-OH is 1. The molecule has 2 aliphatic heterocycles. The van der Waals surface area contributed by atoms with E-state index in [4.69, 9.17) is 18.9 Å². The minimum absolute atomic E-state index is 0.0226. The van der Waals surface area contributed by atoms with Gasteiger partial charge in [-0.25, -0.2) is 9.97 Å². The molecule has 0 bridgehead atoms. The predicted molar refractivity (Wildman–Crippen MR) is 146 cm³/mol. The molecule has 0 saturated carbocycles. The number of ether oxygens (including phenoxy) is 2. The van der Waals surface area contributed by atoms with Crippen molar-refractivity contribution in [1.82, 2.24) is 27.9 Å². The second-order valence-electron chi connectivity index (χ2n) is 10.3. The van der Waals surface area contributed by atoms with E-state index in [-0.39, 0.29) is 35.2 Å². The summed E-state index contributed by atoms with van der Waals surface area (Å²) < 4.78 is 34.4. The Morgan fingerprint density at radius 3 is 1.83 bits per heavy atom. The van der Waals surface area contributed by atoms with Crippen molar-refractivity contribution in [2.75, 3.05) is 0 Å². The highest BCUT2D eigenvalue weighted by molar-refractivity contribution is 7.32. The minimum atomic E-state index is -2.75. The maximum atomic E-state index is 11.8. The van der Waals surface area contributed by atoms with Crippen LogP contribution in [0.25, 0.3) is 11.6 Å². The average Bonchev–Trinajstić information content (AvgIpc) is 3.74. The summed E-state index contributed by atoms with van der Waals surface area (Å²) in [5.74, 6) is 0.892. The van der Waals surface area contributed by atoms with Gasteiger partial charge < -0.3 is 14.6 Å². The lowest BCUT2D eigenvalue weighted by Crippen LogP contribution is -2.28. The molecule has 2 N–H and O–H groups in total. The molecule has 14 nitrogen and oxygen atoms in total. The molecule has 6 rings (SSSR count). The van der Waals surface area contributed by atoms with Crippen LogP contribution < -0.4 is 11.1 Å². The summed E-state index contributed by atoms with van der Waals surface area (Å²) in [6.45, 7) is 7.91. The maximum Gasteiger partial charge on any atom is 0.695 e. The highest BCUT2D eigenvalue weighted by Crippen LogP contribution is 2.41. The fourth-order valence-electron chi connectivity index (χ4n) is 5.65. The molecule has 2 saturated heterocycles. The lowest BCUT2D eigenvalue weighted by molar-refractivity contribution is -0.0361. The summed E-state index contributed by atoms with van der Waals surface area (Å²) >= 11 is 0. The number of aromatic nitrogens is 6. The van der Waals surface area contributed by atoms with E-state index in [0.717, 1.165) is 12.8 Å². The van der Waals surface area contributed by atoms with Crippen LogP contribution in [0.3, 0.4) is 0 Å². The molecule has 0 radical (unpaired) electrons. The first-order chi connectivity index (χ1) is 19.7. The largest absolute Gasteiger partial charge is 0.695 e. The van der Waals surface area contributed by atoms with Crippen molar-refractivity contribution >= 4 is 19.8 Å². The van der Waals surface area contributed by atoms with E-state index in [9.17, 15) is 19.3 Å². The van der Waals surface area contributed by atoms with Gasteiger partial charge in [-0.1, -0.05) is 27.7 Å². The first kappa shape index (κ1) is 29.2. The first-order valence-corrected chi connectivity index (χ1v) is 14.7. The summed E-state index contributed by atoms with van der Waals surface area (Å²) in [5.41, 5.74) is -0.344. The predicted octanol–water partition coefficient (Wildman–Crippen LogP) is 2.27. The fraction of sp³-hybridized carbons (Fsp3) is 0.538. The van der Waals surface area contributed by atoms with Gasteiger partial charge in [0.1, 0.15) is 6.10 Å². The highest BCUT2D eigenvalue weighted by atomic mass is 31.1. The third-order valence-electron chi connectivity index (χ3n) is 7.93. The second-order valence-corrected chi connectivity index (χ2v) is 11.0. The van der Waals surface area contributed by atoms with Crippen LogP contribution in [0.4, 0.5) is 0 Å². The molecule has 15 heteroatoms. The molecule has 41 heavy (non-hydrogen) atoms. The fourth-order valence-corrected chi connectivity index (χ4v) is 6.16. The zero-order chi connectivity index (χ0) is 29.4. The number of imidazole rings is 2. The highest BCUT2D eigenvalue weighted by Gasteiger charge is 2.48. The Kier molecular flexibility index (Phi) is 8.50. The third-order valence-corrected chi connectivity index (χ3v) is 8.35. The quantitative estimate of drug-likeness (QED) is 0.319. The van der Waals surface area contributed by atoms with E-state index in [2.05, 4.69) is 9.97 Å². The Morgan fingerprint density at radius 1 is 0.854 bits per heavy atom. The van der Waals surface area contributed by atoms with Gasteiger partial charge in [0.05, 0.1) is 12.2 Å². The Morgan fingerprint density at radius 2 is 1.34 bits per heavy atom. The van der Waals surface area contributed by atoms with Gasteiger partial charge in [-0.05, 0) is 12.8 Å². The van der Waals surface area contributed by atoms with Crippen LogP contribution in [-0.2, 0) is 18.6 Å². The van der Waals surface area contributed by atoms with Crippen molar-refractivity contribution in [1.29, 1.82) is 0 Å². The molecule has 1 unspecified atom stereocenters. The van der Waals surface area contributed by atoms with Gasteiger partial charge in [-0.3, -0.25) is 27.5 Å². The van der Waals surface area contributed by atoms with Gasteiger partial charge in [-0.15, -0.1) is 9.42 Å². The molecular weight excluding hydrogens is 555 g/mol. The van der Waals surface area contributed by atoms with Crippen molar-refractivity contribution in [2.45, 2.75) is 77.4 Å². The summed E-state index contributed by atoms with van der Waals surface area (Å²) in [6.07, 6.45) is 8.67. The molecule has 0 spiro atoms. The van der Waals surface area contributed by atoms with E-state index in [1.54, 1.807) is 40.1 Å². The van der Waals surface area contributed by atoms with Crippen molar-refractivity contribution in [3.05, 3.63) is 70.0 Å². The Balaban J connectivity index is 0.000000166. The zero-order valence-corrected chi connectivity index (χ0v) is 24.0. The van der Waals surface area contributed by atoms with E-state index in [0.29, 0.717) is 11.6 Å². The van der Waals surface area contributed by atoms with Crippen LogP contribution in [0.2, 0.25) is 0 Å². The Hall–Kier alpha value is -3.26. The lowest BCUT2D eigenvalue weighted by atomic mass is 9.99. The molecule has 4 aromatic heterocycles. The van der Waals surface area contributed by atoms with E-state index in [1.807, 2.05) is 27.7 Å². The van der Waals surface area contributed by atoms with Crippen molar-refractivity contribution < 1.29 is 28.6 Å². The standard InChI is InChI=1S/C13H16N3O5P.C13H17N3O3/c1-3-9-8(2)11(21-22(18)19)12(20-9)16-6-4-10(17)15-7-5-14-13(15)16;1-3-9-8(2)11(18)12(19-9)16-6-4-10(17)15-7-5-14-13(15)16/h4-9,11-12H,3H2,1-2H3;4-9,11-12,18H,3H2,1-2H3/p+1/t2*8-,9-,11-,12-/m11/s1. The smallest absolute Gasteiger partial charge is 0.388 e. The molecule has 0 amide bonds. The number of aliphatic hydroxyl groups is 1. The molecule has 0 aliphatic carbocycles. The number of hydrogen-bond donors (Lipinski definition) is 2. The zero-order valence-electron chi connectivity index (χ0n) is 23.1. The van der Waals surface area contributed by atoms with E-state index in [1.165, 1.54) is 27.1 Å². The van der Waals surface area contributed by atoms with Gasteiger partial charge in [-0.2, -0.15) is 0 Å². The van der Waals surface area contributed by atoms with Crippen LogP contribution in [0.15, 0.2) is 58.9 Å². The molecule has 9 atom stereocenters. The van der Waals surface area contributed by atoms with Gasteiger partial charge in [0.25, 0.3) is 11.1 Å². The summed E-state index contributed by atoms with van der Waals surface area (Å²) in [6, 6.07) is 2.85. The molecular formula is C26H34N6O8P+. The normalized spacial score (nSPS) is 30.0. The monoisotopic (exact) mass is 589 g/mol. The van der Waals surface area contributed by atoms with Gasteiger partial charge in [0.2, 0.25) is 11.6 Å². The van der Waals surface area contributed by atoms with Crippen molar-refractivity contribution in [2.24, 2.45) is 11.8 Å². The number of fused-ring (bicyclic) bond motifs is 2. The van der Waals surface area contributed by atoms with Crippen LogP contribution in [0, 0.1) is 11.8 Å². The van der Waals surface area contributed by atoms with Crippen LogP contribution in [-0.4, -0.2) is 62.3 Å². The molecule has 2 fully saturated rings. The van der Waals surface area contributed by atoms with Crippen molar-refractivity contribution in [3.8, 4) is 0 Å². The molecule has 0 aromatic carbocycles. The van der Waals surface area contributed by atoms with Gasteiger partial charge in [0, 0.05) is 65.7 Å². The molecule has 220 valence electrons. The lowest BCUT2D eigenvalue weighted by Gasteiger charge is -2.19. The SMILES string of the molecule is CC[C@H]1O[C@@H](n2ccc(=O)n3ccnc23)[C@H](O)[C@@H]1C.CC[C@H]1O[C@@H](n2ccc(=O)n3ccnc23)[C@H](O[P+](=O)O)[C@@H]1C.